The van der Waals surface area contributed by atoms with Crippen molar-refractivity contribution in [3.05, 3.63) is 12.2 Å². The molecule has 0 bridgehead atoms. The number of likely N-dealkylation sites (N-methyl/N-ethyl adjacent to an activating group) is 1. The van der Waals surface area contributed by atoms with Gasteiger partial charge in [0, 0.05) is 26.1 Å². The third-order valence-corrected chi connectivity index (χ3v) is 2.29. The van der Waals surface area contributed by atoms with Crippen LogP contribution >= 0.6 is 0 Å². The van der Waals surface area contributed by atoms with Crippen LogP contribution in [0.4, 0.5) is 0 Å². The minimum atomic E-state index is -0.0831. The fourth-order valence-electron chi connectivity index (χ4n) is 1.53. The highest BCUT2D eigenvalue weighted by Crippen LogP contribution is 2.09. The van der Waals surface area contributed by atoms with Crippen LogP contribution < -0.4 is 5.32 Å². The summed E-state index contributed by atoms with van der Waals surface area (Å²) in [6, 6.07) is 0.0985. The number of allylic oxidation sites excluding steroid dienone is 1. The topological polar surface area (TPSA) is 49.4 Å². The van der Waals surface area contributed by atoms with E-state index >= 15 is 0 Å². The van der Waals surface area contributed by atoms with Crippen molar-refractivity contribution in [3.8, 4) is 0 Å². The normalized spacial score (nSPS) is 22.9. The Bertz CT molecular complexity index is 261. The average Bonchev–Trinajstić information content (AvgIpc) is 2.12. The quantitative estimate of drug-likeness (QED) is 0.646. The average molecular weight is 196 g/mol. The molecule has 0 aromatic rings. The molecule has 0 aromatic heterocycles. The molecule has 4 heteroatoms. The first-order valence-corrected chi connectivity index (χ1v) is 4.80. The molecule has 1 unspecified atom stereocenters. The van der Waals surface area contributed by atoms with Crippen LogP contribution in [0.1, 0.15) is 19.8 Å². The molecule has 0 aliphatic carbocycles. The van der Waals surface area contributed by atoms with Gasteiger partial charge in [-0.2, -0.15) is 0 Å². The fourth-order valence-corrected chi connectivity index (χ4v) is 1.53. The molecule has 4 nitrogen and oxygen atoms in total. The third kappa shape index (κ3) is 2.87. The zero-order valence-corrected chi connectivity index (χ0v) is 8.62. The van der Waals surface area contributed by atoms with E-state index in [4.69, 9.17) is 0 Å². The van der Waals surface area contributed by atoms with Gasteiger partial charge in [-0.1, -0.05) is 6.08 Å². The summed E-state index contributed by atoms with van der Waals surface area (Å²) >= 11 is 0. The number of piperidine rings is 1. The number of carbonyl (C=O) groups is 2. The lowest BCUT2D eigenvalue weighted by molar-refractivity contribution is -0.133. The molecule has 0 radical (unpaired) electrons. The van der Waals surface area contributed by atoms with Gasteiger partial charge in [0.2, 0.25) is 11.8 Å². The molecule has 2 amide bonds. The Morgan fingerprint density at radius 2 is 2.36 bits per heavy atom. The van der Waals surface area contributed by atoms with Crippen molar-refractivity contribution in [1.82, 2.24) is 10.2 Å². The van der Waals surface area contributed by atoms with Crippen LogP contribution in [0.2, 0.25) is 0 Å². The van der Waals surface area contributed by atoms with Gasteiger partial charge in [0.15, 0.2) is 0 Å². The molecule has 14 heavy (non-hydrogen) atoms. The van der Waals surface area contributed by atoms with E-state index < -0.39 is 0 Å². The van der Waals surface area contributed by atoms with Gasteiger partial charge in [-0.25, -0.2) is 0 Å². The van der Waals surface area contributed by atoms with Crippen LogP contribution in [0.3, 0.4) is 0 Å². The Labute approximate surface area is 84.0 Å². The van der Waals surface area contributed by atoms with Crippen LogP contribution in [0, 0.1) is 0 Å². The van der Waals surface area contributed by atoms with Gasteiger partial charge in [0.1, 0.15) is 0 Å². The number of carbonyl (C=O) groups excluding carboxylic acids is 2. The van der Waals surface area contributed by atoms with Gasteiger partial charge in [0.05, 0.1) is 0 Å². The summed E-state index contributed by atoms with van der Waals surface area (Å²) in [5, 5.41) is 2.85. The van der Waals surface area contributed by atoms with Crippen LogP contribution in [0.15, 0.2) is 12.2 Å². The van der Waals surface area contributed by atoms with E-state index in [2.05, 4.69) is 5.32 Å². The Balaban J connectivity index is 2.40. The molecule has 0 saturated carbocycles. The van der Waals surface area contributed by atoms with Crippen molar-refractivity contribution >= 4 is 11.8 Å². The second-order valence-electron chi connectivity index (χ2n) is 3.52. The Morgan fingerprint density at radius 1 is 1.64 bits per heavy atom. The second kappa shape index (κ2) is 4.79. The predicted octanol–water partition coefficient (Wildman–Crippen LogP) is 0.299. The molecule has 78 valence electrons. The first-order chi connectivity index (χ1) is 6.63. The van der Waals surface area contributed by atoms with Crippen molar-refractivity contribution in [2.75, 3.05) is 13.6 Å². The summed E-state index contributed by atoms with van der Waals surface area (Å²) in [5.41, 5.74) is 0. The molecule has 0 aromatic carbocycles. The number of rotatable bonds is 2. The zero-order valence-electron chi connectivity index (χ0n) is 8.62. The van der Waals surface area contributed by atoms with E-state index in [9.17, 15) is 9.59 Å². The molecule has 1 saturated heterocycles. The van der Waals surface area contributed by atoms with E-state index in [1.54, 1.807) is 24.9 Å². The number of amides is 2. The summed E-state index contributed by atoms with van der Waals surface area (Å²) in [6.45, 7) is 2.41. The predicted molar refractivity (Wildman–Crippen MR) is 53.6 cm³/mol. The maximum atomic E-state index is 11.2. The summed E-state index contributed by atoms with van der Waals surface area (Å²) in [5.74, 6) is 0.0711. The highest BCUT2D eigenvalue weighted by atomic mass is 16.2. The van der Waals surface area contributed by atoms with Gasteiger partial charge in [-0.05, 0) is 19.4 Å². The van der Waals surface area contributed by atoms with Crippen molar-refractivity contribution in [2.45, 2.75) is 25.8 Å². The maximum absolute atomic E-state index is 11.2. The fraction of sp³-hybridized carbons (Fsp3) is 0.600. The smallest absolute Gasteiger partial charge is 0.243 e. The number of likely N-dealkylation sites (tertiary alicyclic amines) is 1. The van der Waals surface area contributed by atoms with Crippen molar-refractivity contribution in [1.29, 1.82) is 0 Å². The van der Waals surface area contributed by atoms with Crippen LogP contribution in [-0.2, 0) is 9.59 Å². The summed E-state index contributed by atoms with van der Waals surface area (Å²) in [6.07, 6.45) is 4.47. The highest BCUT2D eigenvalue weighted by Gasteiger charge is 2.23. The minimum absolute atomic E-state index is 0.0831. The lowest BCUT2D eigenvalue weighted by Gasteiger charge is -2.29. The Hall–Kier alpha value is -1.32. The van der Waals surface area contributed by atoms with Crippen molar-refractivity contribution in [2.24, 2.45) is 0 Å². The number of nitrogens with zero attached hydrogens (tertiary/aromatic N) is 1. The molecule has 1 rings (SSSR count). The number of hydrogen-bond acceptors (Lipinski definition) is 2. The molecule has 1 heterocycles. The molecule has 1 atom stereocenters. The van der Waals surface area contributed by atoms with Gasteiger partial charge in [0.25, 0.3) is 0 Å². The molecule has 1 aliphatic heterocycles. The van der Waals surface area contributed by atoms with Gasteiger partial charge < -0.3 is 10.2 Å². The van der Waals surface area contributed by atoms with E-state index in [0.717, 1.165) is 6.42 Å². The lowest BCUT2D eigenvalue weighted by Crippen LogP contribution is -2.48. The van der Waals surface area contributed by atoms with E-state index in [1.807, 2.05) is 0 Å². The summed E-state index contributed by atoms with van der Waals surface area (Å²) < 4.78 is 0. The monoisotopic (exact) mass is 196 g/mol. The SMILES string of the molecule is CC=CC(=O)NC1CCC(=O)N(C)C1. The van der Waals surface area contributed by atoms with E-state index in [0.29, 0.717) is 13.0 Å². The van der Waals surface area contributed by atoms with Gasteiger partial charge >= 0.3 is 0 Å². The van der Waals surface area contributed by atoms with Crippen LogP contribution in [-0.4, -0.2) is 36.3 Å². The standard InChI is InChI=1S/C10H16N2O2/c1-3-4-9(13)11-8-5-6-10(14)12(2)7-8/h3-4,8H,5-7H2,1-2H3,(H,11,13). The highest BCUT2D eigenvalue weighted by molar-refractivity contribution is 5.87. The maximum Gasteiger partial charge on any atom is 0.243 e. The van der Waals surface area contributed by atoms with Gasteiger partial charge in [-0.3, -0.25) is 9.59 Å². The number of nitrogens with one attached hydrogen (secondary N) is 1. The molecule has 1 fully saturated rings. The second-order valence-corrected chi connectivity index (χ2v) is 3.52. The van der Waals surface area contributed by atoms with Crippen molar-refractivity contribution < 1.29 is 9.59 Å². The molecule has 0 spiro atoms. The van der Waals surface area contributed by atoms with Crippen LogP contribution in [0.25, 0.3) is 0 Å². The van der Waals surface area contributed by atoms with E-state index in [-0.39, 0.29) is 17.9 Å². The summed E-state index contributed by atoms with van der Waals surface area (Å²) in [4.78, 5) is 24.0. The Morgan fingerprint density at radius 3 is 2.93 bits per heavy atom. The first kappa shape index (κ1) is 10.8. The molecular weight excluding hydrogens is 180 g/mol. The zero-order chi connectivity index (χ0) is 10.6. The van der Waals surface area contributed by atoms with E-state index in [1.165, 1.54) is 6.08 Å². The third-order valence-electron chi connectivity index (χ3n) is 2.29. The Kier molecular flexibility index (Phi) is 3.68. The lowest BCUT2D eigenvalue weighted by atomic mass is 10.1. The largest absolute Gasteiger partial charge is 0.348 e. The molecule has 1 aliphatic rings. The van der Waals surface area contributed by atoms with Crippen LogP contribution in [0.5, 0.6) is 0 Å². The van der Waals surface area contributed by atoms with Gasteiger partial charge in [-0.15, -0.1) is 0 Å². The first-order valence-electron chi connectivity index (χ1n) is 4.80. The number of hydrogen-bond donors (Lipinski definition) is 1. The molecular formula is C10H16N2O2. The summed E-state index contributed by atoms with van der Waals surface area (Å²) in [7, 11) is 1.76. The molecule has 1 N–H and O–H groups in total. The van der Waals surface area contributed by atoms with Crippen molar-refractivity contribution in [3.63, 3.8) is 0 Å². The minimum Gasteiger partial charge on any atom is -0.348 e.